The molecule has 37 heavy (non-hydrogen) atoms. The van der Waals surface area contributed by atoms with E-state index in [1.165, 1.54) is 9.21 Å². The number of rotatable bonds is 13. The molecule has 0 fully saturated rings. The molecule has 2 aromatic rings. The number of anilines is 1. The Labute approximate surface area is 218 Å². The first-order valence-corrected chi connectivity index (χ1v) is 14.1. The zero-order valence-electron chi connectivity index (χ0n) is 21.7. The summed E-state index contributed by atoms with van der Waals surface area (Å²) in [7, 11) is -2.04. The number of carbonyl (C=O) groups is 2. The van der Waals surface area contributed by atoms with Gasteiger partial charge in [0.2, 0.25) is 28.6 Å². The fourth-order valence-electron chi connectivity index (χ4n) is 3.95. The summed E-state index contributed by atoms with van der Waals surface area (Å²) in [5.74, 6) is 1.24. The van der Waals surface area contributed by atoms with Crippen LogP contribution in [0.2, 0.25) is 0 Å². The Hall–Kier alpha value is -3.47. The summed E-state index contributed by atoms with van der Waals surface area (Å²) < 4.78 is 42.2. The van der Waals surface area contributed by atoms with Crippen molar-refractivity contribution in [1.29, 1.82) is 0 Å². The van der Waals surface area contributed by atoms with Crippen LogP contribution in [0.4, 0.5) is 5.69 Å². The number of hydrogen-bond donors (Lipinski definition) is 1. The number of sulfonamides is 1. The molecule has 1 heterocycles. The van der Waals surface area contributed by atoms with E-state index < -0.39 is 16.1 Å². The monoisotopic (exact) mass is 533 g/mol. The molecule has 1 atom stereocenters. The molecule has 3 rings (SSSR count). The topological polar surface area (TPSA) is 114 Å². The fourth-order valence-corrected chi connectivity index (χ4v) is 4.91. The molecule has 2 amide bonds. The number of benzene rings is 2. The molecule has 1 aliphatic heterocycles. The molecule has 0 bridgehead atoms. The predicted molar refractivity (Wildman–Crippen MR) is 140 cm³/mol. The van der Waals surface area contributed by atoms with E-state index in [1.807, 2.05) is 19.1 Å². The summed E-state index contributed by atoms with van der Waals surface area (Å²) in [5.41, 5.74) is 1.28. The van der Waals surface area contributed by atoms with Gasteiger partial charge in [0, 0.05) is 32.1 Å². The number of nitrogens with one attached hydrogen (secondary N) is 1. The highest BCUT2D eigenvalue weighted by atomic mass is 32.2. The largest absolute Gasteiger partial charge is 0.497 e. The van der Waals surface area contributed by atoms with E-state index in [9.17, 15) is 18.0 Å². The third-order valence-electron chi connectivity index (χ3n) is 6.02. The number of methoxy groups -OCH3 is 1. The molecule has 0 radical (unpaired) electrons. The summed E-state index contributed by atoms with van der Waals surface area (Å²) in [4.78, 5) is 27.5. The van der Waals surface area contributed by atoms with Gasteiger partial charge in [-0.15, -0.1) is 0 Å². The second-order valence-electron chi connectivity index (χ2n) is 8.81. The summed E-state index contributed by atoms with van der Waals surface area (Å²) in [6, 6.07) is 11.5. The van der Waals surface area contributed by atoms with Gasteiger partial charge in [-0.25, -0.2) is 8.42 Å². The third-order valence-corrected chi connectivity index (χ3v) is 7.22. The molecule has 0 spiro atoms. The minimum atomic E-state index is -3.61. The molecule has 2 aromatic carbocycles. The highest BCUT2D eigenvalue weighted by Crippen LogP contribution is 2.36. The average molecular weight is 534 g/mol. The molecule has 0 saturated carbocycles. The van der Waals surface area contributed by atoms with Gasteiger partial charge in [-0.3, -0.25) is 13.9 Å². The number of amides is 2. The van der Waals surface area contributed by atoms with Gasteiger partial charge in [0.25, 0.3) is 0 Å². The van der Waals surface area contributed by atoms with Crippen LogP contribution >= 0.6 is 0 Å². The van der Waals surface area contributed by atoms with Crippen molar-refractivity contribution >= 4 is 27.5 Å². The lowest BCUT2D eigenvalue weighted by atomic mass is 10.1. The van der Waals surface area contributed by atoms with Crippen molar-refractivity contribution in [3.8, 4) is 17.2 Å². The Morgan fingerprint density at radius 1 is 1.11 bits per heavy atom. The van der Waals surface area contributed by atoms with Gasteiger partial charge in [0.1, 0.15) is 11.8 Å². The van der Waals surface area contributed by atoms with Gasteiger partial charge in [-0.1, -0.05) is 19.1 Å². The molecule has 0 aliphatic carbocycles. The quantitative estimate of drug-likeness (QED) is 0.421. The minimum Gasteiger partial charge on any atom is -0.497 e. The highest BCUT2D eigenvalue weighted by molar-refractivity contribution is 7.92. The minimum absolute atomic E-state index is 0.0676. The average Bonchev–Trinajstić information content (AvgIpc) is 3.35. The van der Waals surface area contributed by atoms with Crippen LogP contribution in [0.1, 0.15) is 38.7 Å². The van der Waals surface area contributed by atoms with Crippen molar-refractivity contribution in [1.82, 2.24) is 10.2 Å². The van der Waals surface area contributed by atoms with Crippen molar-refractivity contribution in [3.05, 3.63) is 48.0 Å². The summed E-state index contributed by atoms with van der Waals surface area (Å²) in [6.07, 6.45) is 2.24. The zero-order chi connectivity index (χ0) is 27.0. The molecule has 1 aliphatic rings. The highest BCUT2D eigenvalue weighted by Gasteiger charge is 2.27. The van der Waals surface area contributed by atoms with Crippen LogP contribution in [0.3, 0.4) is 0 Å². The number of hydrogen-bond acceptors (Lipinski definition) is 7. The standard InChI is InChI=1S/C26H35N3O7S/c1-5-14-27-26(31)19(2)28(17-20-8-11-22(34-3)12-9-20)25(30)7-6-15-29(37(4,32)33)21-10-13-23-24(16-21)36-18-35-23/h8-13,16,19H,5-7,14-15,17-18H2,1-4H3,(H,27,31)/t19-/m0/s1. The Balaban J connectivity index is 1.72. The van der Waals surface area contributed by atoms with Crippen LogP contribution in [0.15, 0.2) is 42.5 Å². The molecule has 202 valence electrons. The third kappa shape index (κ3) is 7.51. The Morgan fingerprint density at radius 3 is 2.46 bits per heavy atom. The van der Waals surface area contributed by atoms with Crippen LogP contribution in [-0.4, -0.2) is 64.4 Å². The van der Waals surface area contributed by atoms with Crippen molar-refractivity contribution in [3.63, 3.8) is 0 Å². The second-order valence-corrected chi connectivity index (χ2v) is 10.7. The van der Waals surface area contributed by atoms with Crippen LogP contribution in [0.25, 0.3) is 0 Å². The van der Waals surface area contributed by atoms with Gasteiger partial charge in [0.15, 0.2) is 11.5 Å². The number of ether oxygens (including phenoxy) is 3. The van der Waals surface area contributed by atoms with Crippen LogP contribution in [0.5, 0.6) is 17.2 Å². The maximum atomic E-state index is 13.3. The first-order chi connectivity index (χ1) is 17.6. The fraction of sp³-hybridized carbons (Fsp3) is 0.462. The Morgan fingerprint density at radius 2 is 1.81 bits per heavy atom. The van der Waals surface area contributed by atoms with Crippen LogP contribution < -0.4 is 23.8 Å². The van der Waals surface area contributed by atoms with E-state index in [0.717, 1.165) is 18.2 Å². The van der Waals surface area contributed by atoms with E-state index >= 15 is 0 Å². The maximum Gasteiger partial charge on any atom is 0.242 e. The molecule has 10 nitrogen and oxygen atoms in total. The molecular weight excluding hydrogens is 498 g/mol. The number of nitrogens with zero attached hydrogens (tertiary/aromatic N) is 2. The van der Waals surface area contributed by atoms with Crippen molar-refractivity contribution in [2.75, 3.05) is 37.6 Å². The lowest BCUT2D eigenvalue weighted by molar-refractivity contribution is -0.140. The van der Waals surface area contributed by atoms with E-state index in [4.69, 9.17) is 14.2 Å². The Kier molecular flexibility index (Phi) is 9.62. The molecular formula is C26H35N3O7S. The normalized spacial score (nSPS) is 13.1. The van der Waals surface area contributed by atoms with Gasteiger partial charge in [-0.2, -0.15) is 0 Å². The summed E-state index contributed by atoms with van der Waals surface area (Å²) in [6.45, 7) is 4.59. The van der Waals surface area contributed by atoms with E-state index in [1.54, 1.807) is 44.4 Å². The lowest BCUT2D eigenvalue weighted by Crippen LogP contribution is -2.47. The van der Waals surface area contributed by atoms with E-state index in [2.05, 4.69) is 5.32 Å². The SMILES string of the molecule is CCCNC(=O)[C@H](C)N(Cc1ccc(OC)cc1)C(=O)CCCN(c1ccc2c(c1)OCO2)S(C)(=O)=O. The summed E-state index contributed by atoms with van der Waals surface area (Å²) in [5, 5.41) is 2.85. The van der Waals surface area contributed by atoms with Gasteiger partial charge >= 0.3 is 0 Å². The van der Waals surface area contributed by atoms with Crippen LogP contribution in [-0.2, 0) is 26.2 Å². The van der Waals surface area contributed by atoms with Crippen molar-refractivity contribution < 1.29 is 32.2 Å². The molecule has 0 saturated heterocycles. The maximum absolute atomic E-state index is 13.3. The van der Waals surface area contributed by atoms with Crippen molar-refractivity contribution in [2.24, 2.45) is 0 Å². The predicted octanol–water partition coefficient (Wildman–Crippen LogP) is 2.91. The van der Waals surface area contributed by atoms with Gasteiger partial charge < -0.3 is 24.4 Å². The van der Waals surface area contributed by atoms with Gasteiger partial charge in [0.05, 0.1) is 19.1 Å². The molecule has 0 aromatic heterocycles. The summed E-state index contributed by atoms with van der Waals surface area (Å²) >= 11 is 0. The van der Waals surface area contributed by atoms with Gasteiger partial charge in [-0.05, 0) is 49.6 Å². The van der Waals surface area contributed by atoms with E-state index in [-0.39, 0.29) is 44.5 Å². The number of carbonyl (C=O) groups excluding carboxylic acids is 2. The first-order valence-electron chi connectivity index (χ1n) is 12.2. The van der Waals surface area contributed by atoms with E-state index in [0.29, 0.717) is 29.5 Å². The van der Waals surface area contributed by atoms with Crippen molar-refractivity contribution in [2.45, 2.75) is 45.7 Å². The smallest absolute Gasteiger partial charge is 0.242 e. The zero-order valence-corrected chi connectivity index (χ0v) is 22.5. The molecule has 1 N–H and O–H groups in total. The first kappa shape index (κ1) is 28.1. The molecule has 11 heteroatoms. The number of fused-ring (bicyclic) bond motifs is 1. The Bertz CT molecular complexity index is 1190. The molecule has 0 unspecified atom stereocenters. The lowest BCUT2D eigenvalue weighted by Gasteiger charge is -2.29. The second kappa shape index (κ2) is 12.7. The van der Waals surface area contributed by atoms with Crippen LogP contribution in [0, 0.1) is 0 Å².